The molecule has 1 rings (SSSR count). The summed E-state index contributed by atoms with van der Waals surface area (Å²) in [5.74, 6) is 0.975. The minimum Gasteiger partial charge on any atom is -0.409 e. The molecule has 96 valence electrons. The Morgan fingerprint density at radius 3 is 2.65 bits per heavy atom. The summed E-state index contributed by atoms with van der Waals surface area (Å²) in [6.45, 7) is 7.74. The number of aromatic nitrogens is 1. The van der Waals surface area contributed by atoms with Crippen molar-refractivity contribution in [2.75, 3.05) is 0 Å². The largest absolute Gasteiger partial charge is 0.409 e. The van der Waals surface area contributed by atoms with Gasteiger partial charge >= 0.3 is 0 Å². The van der Waals surface area contributed by atoms with E-state index in [-0.39, 0.29) is 17.9 Å². The van der Waals surface area contributed by atoms with Crippen molar-refractivity contribution in [1.82, 2.24) is 10.5 Å². The summed E-state index contributed by atoms with van der Waals surface area (Å²) in [5.41, 5.74) is 7.48. The molecule has 0 fully saturated rings. The molecule has 4 N–H and O–H groups in total. The van der Waals surface area contributed by atoms with Gasteiger partial charge in [0, 0.05) is 11.6 Å². The molecular weight excluding hydrogens is 220 g/mol. The highest BCUT2D eigenvalue weighted by molar-refractivity contribution is 5.85. The van der Waals surface area contributed by atoms with Gasteiger partial charge in [0.15, 0.2) is 5.84 Å². The van der Waals surface area contributed by atoms with Crippen LogP contribution in [0.25, 0.3) is 0 Å². The van der Waals surface area contributed by atoms with Gasteiger partial charge in [0.05, 0.1) is 11.7 Å². The highest BCUT2D eigenvalue weighted by Crippen LogP contribution is 2.21. The van der Waals surface area contributed by atoms with Crippen molar-refractivity contribution in [2.24, 2.45) is 10.9 Å². The summed E-state index contributed by atoms with van der Waals surface area (Å²) in [4.78, 5) is 0. The molecular formula is C11H20N4O2. The first-order chi connectivity index (χ1) is 8.01. The van der Waals surface area contributed by atoms with E-state index in [4.69, 9.17) is 15.5 Å². The Morgan fingerprint density at radius 2 is 2.24 bits per heavy atom. The van der Waals surface area contributed by atoms with Crippen LogP contribution in [0.4, 0.5) is 0 Å². The quantitative estimate of drug-likeness (QED) is 0.313. The fraction of sp³-hybridized carbons (Fsp3) is 0.636. The smallest absolute Gasteiger partial charge is 0.156 e. The second-order valence-corrected chi connectivity index (χ2v) is 4.11. The third kappa shape index (κ3) is 2.97. The minimum atomic E-state index is -0.163. The predicted molar refractivity (Wildman–Crippen MR) is 65.0 cm³/mol. The van der Waals surface area contributed by atoms with Crippen LogP contribution >= 0.6 is 0 Å². The van der Waals surface area contributed by atoms with Gasteiger partial charge in [0.25, 0.3) is 0 Å². The van der Waals surface area contributed by atoms with E-state index >= 15 is 0 Å². The van der Waals surface area contributed by atoms with Crippen molar-refractivity contribution < 1.29 is 9.73 Å². The Balaban J connectivity index is 2.81. The van der Waals surface area contributed by atoms with Gasteiger partial charge in [-0.2, -0.15) is 0 Å². The highest BCUT2D eigenvalue weighted by Gasteiger charge is 2.20. The lowest BCUT2D eigenvalue weighted by Gasteiger charge is -2.21. The molecule has 1 aromatic rings. The molecule has 17 heavy (non-hydrogen) atoms. The Hall–Kier alpha value is -1.56. The predicted octanol–water partition coefficient (Wildman–Crippen LogP) is 1.47. The van der Waals surface area contributed by atoms with E-state index in [2.05, 4.69) is 15.6 Å². The fourth-order valence-corrected chi connectivity index (χ4v) is 1.98. The first-order valence-electron chi connectivity index (χ1n) is 5.67. The van der Waals surface area contributed by atoms with Crippen LogP contribution in [-0.4, -0.2) is 22.2 Å². The lowest BCUT2D eigenvalue weighted by atomic mass is 10.0. The summed E-state index contributed by atoms with van der Waals surface area (Å²) in [6, 6.07) is -0.129. The standard InChI is InChI=1S/C11H20N4O2/c1-5-9(11(12)14-16)13-6(2)10-7(3)15-17-8(10)4/h6,9,13,16H,5H2,1-4H3,(H2,12,14). The van der Waals surface area contributed by atoms with Crippen molar-refractivity contribution in [2.45, 2.75) is 46.2 Å². The number of amidine groups is 1. The third-order valence-electron chi connectivity index (χ3n) is 2.85. The zero-order chi connectivity index (χ0) is 13.0. The highest BCUT2D eigenvalue weighted by atomic mass is 16.5. The first-order valence-corrected chi connectivity index (χ1v) is 5.67. The number of nitrogens with one attached hydrogen (secondary N) is 1. The van der Waals surface area contributed by atoms with Crippen molar-refractivity contribution in [1.29, 1.82) is 0 Å². The molecule has 0 aliphatic rings. The van der Waals surface area contributed by atoms with Gasteiger partial charge in [-0.25, -0.2) is 0 Å². The van der Waals surface area contributed by atoms with Crippen LogP contribution in [0.1, 0.15) is 43.3 Å². The van der Waals surface area contributed by atoms with Crippen LogP contribution in [0.2, 0.25) is 0 Å². The molecule has 1 heterocycles. The van der Waals surface area contributed by atoms with Crippen LogP contribution < -0.4 is 11.1 Å². The number of nitrogens with two attached hydrogens (primary N) is 1. The molecule has 0 saturated heterocycles. The van der Waals surface area contributed by atoms with E-state index < -0.39 is 0 Å². The lowest BCUT2D eigenvalue weighted by molar-refractivity contribution is 0.313. The van der Waals surface area contributed by atoms with E-state index in [1.807, 2.05) is 27.7 Å². The monoisotopic (exact) mass is 240 g/mol. The fourth-order valence-electron chi connectivity index (χ4n) is 1.98. The first kappa shape index (κ1) is 13.5. The van der Waals surface area contributed by atoms with Crippen LogP contribution in [0, 0.1) is 13.8 Å². The van der Waals surface area contributed by atoms with E-state index in [1.54, 1.807) is 0 Å². The summed E-state index contributed by atoms with van der Waals surface area (Å²) in [7, 11) is 0. The number of aryl methyl sites for hydroxylation is 2. The molecule has 0 aliphatic carbocycles. The van der Waals surface area contributed by atoms with Gasteiger partial charge in [-0.1, -0.05) is 17.2 Å². The topological polar surface area (TPSA) is 96.7 Å². The molecule has 2 unspecified atom stereocenters. The summed E-state index contributed by atoms with van der Waals surface area (Å²) in [6.07, 6.45) is 0.740. The Kier molecular flexibility index (Phi) is 4.51. The molecule has 0 radical (unpaired) electrons. The zero-order valence-corrected chi connectivity index (χ0v) is 10.7. The lowest BCUT2D eigenvalue weighted by Crippen LogP contribution is -2.42. The number of hydrogen-bond donors (Lipinski definition) is 3. The van der Waals surface area contributed by atoms with E-state index in [0.717, 1.165) is 23.4 Å². The number of nitrogens with zero attached hydrogens (tertiary/aromatic N) is 2. The normalized spacial score (nSPS) is 15.9. The molecule has 6 heteroatoms. The van der Waals surface area contributed by atoms with Gasteiger partial charge in [-0.3, -0.25) is 0 Å². The molecule has 0 aliphatic heterocycles. The Bertz CT molecular complexity index is 381. The van der Waals surface area contributed by atoms with Crippen molar-refractivity contribution >= 4 is 5.84 Å². The maximum absolute atomic E-state index is 8.68. The maximum atomic E-state index is 8.68. The molecule has 6 nitrogen and oxygen atoms in total. The Morgan fingerprint density at radius 1 is 1.59 bits per heavy atom. The average Bonchev–Trinajstić information content (AvgIpc) is 2.64. The van der Waals surface area contributed by atoms with E-state index in [1.165, 1.54) is 0 Å². The third-order valence-corrected chi connectivity index (χ3v) is 2.85. The van der Waals surface area contributed by atoms with Crippen molar-refractivity contribution in [3.8, 4) is 0 Å². The van der Waals surface area contributed by atoms with Gasteiger partial charge in [-0.05, 0) is 27.2 Å². The number of rotatable bonds is 5. The number of oxime groups is 1. The second kappa shape index (κ2) is 5.67. The molecule has 0 saturated carbocycles. The van der Waals surface area contributed by atoms with Gasteiger partial charge < -0.3 is 20.8 Å². The van der Waals surface area contributed by atoms with Crippen LogP contribution in [0.5, 0.6) is 0 Å². The molecule has 1 aromatic heterocycles. The van der Waals surface area contributed by atoms with Gasteiger partial charge in [0.2, 0.25) is 0 Å². The maximum Gasteiger partial charge on any atom is 0.156 e. The van der Waals surface area contributed by atoms with Gasteiger partial charge in [-0.15, -0.1) is 0 Å². The van der Waals surface area contributed by atoms with Crippen LogP contribution in [-0.2, 0) is 0 Å². The van der Waals surface area contributed by atoms with Crippen LogP contribution in [0.3, 0.4) is 0 Å². The summed E-state index contributed by atoms with van der Waals surface area (Å²) in [5, 5.41) is 18.9. The summed E-state index contributed by atoms with van der Waals surface area (Å²) >= 11 is 0. The van der Waals surface area contributed by atoms with Crippen LogP contribution in [0.15, 0.2) is 9.68 Å². The van der Waals surface area contributed by atoms with Crippen molar-refractivity contribution in [3.63, 3.8) is 0 Å². The molecule has 0 bridgehead atoms. The zero-order valence-electron chi connectivity index (χ0n) is 10.7. The molecule has 2 atom stereocenters. The molecule has 0 amide bonds. The van der Waals surface area contributed by atoms with E-state index in [0.29, 0.717) is 0 Å². The second-order valence-electron chi connectivity index (χ2n) is 4.11. The minimum absolute atomic E-state index is 0.0338. The van der Waals surface area contributed by atoms with E-state index in [9.17, 15) is 0 Å². The SMILES string of the molecule is CCC(NC(C)c1c(C)noc1C)C(N)=NO. The Labute approximate surface area is 101 Å². The van der Waals surface area contributed by atoms with Crippen molar-refractivity contribution in [3.05, 3.63) is 17.0 Å². The summed E-state index contributed by atoms with van der Waals surface area (Å²) < 4.78 is 5.12. The number of hydrogen-bond acceptors (Lipinski definition) is 5. The van der Waals surface area contributed by atoms with Gasteiger partial charge in [0.1, 0.15) is 5.76 Å². The molecule has 0 aromatic carbocycles. The molecule has 0 spiro atoms. The average molecular weight is 240 g/mol.